The molecule has 2 heterocycles. The molecule has 4 N–H and O–H groups in total. The number of aromatic nitrogens is 4. The number of ether oxygens (including phenoxy) is 1. The maximum atomic E-state index is 11.5. The number of nitriles is 2. The van der Waals surface area contributed by atoms with E-state index in [0.717, 1.165) is 16.7 Å². The van der Waals surface area contributed by atoms with Gasteiger partial charge in [-0.05, 0) is 49.2 Å². The number of carbonyl (C=O) groups excluding carboxylic acids is 1. The quantitative estimate of drug-likeness (QED) is 0.264. The third-order valence-electron chi connectivity index (χ3n) is 5.20. The van der Waals surface area contributed by atoms with Crippen molar-refractivity contribution in [1.29, 1.82) is 10.5 Å². The van der Waals surface area contributed by atoms with Crippen molar-refractivity contribution in [3.05, 3.63) is 82.2 Å². The van der Waals surface area contributed by atoms with Gasteiger partial charge in [-0.15, -0.1) is 0 Å². The fourth-order valence-corrected chi connectivity index (χ4v) is 3.31. The molecule has 182 valence electrons. The number of carboxylic acids is 1. The maximum Gasteiger partial charge on any atom is 1.00 e. The average molecular weight is 508 g/mol. The molecule has 0 fully saturated rings. The normalized spacial score (nSPS) is 9.32. The Bertz CT molecular complexity index is 1500. The number of aromatic amines is 2. The number of H-pyrrole nitrogens is 2. The molecule has 0 bridgehead atoms. The molecule has 0 atom stereocenters. The zero-order valence-electron chi connectivity index (χ0n) is 20.5. The molecule has 0 radical (unpaired) electrons. The summed E-state index contributed by atoms with van der Waals surface area (Å²) in [6.45, 7) is 3.75. The van der Waals surface area contributed by atoms with E-state index in [1.54, 1.807) is 18.2 Å². The molecule has 0 aliphatic carbocycles. The van der Waals surface area contributed by atoms with Gasteiger partial charge < -0.3 is 15.3 Å². The topological polar surface area (TPSA) is 199 Å². The van der Waals surface area contributed by atoms with E-state index in [9.17, 15) is 9.59 Å². The zero-order chi connectivity index (χ0) is 25.5. The first-order chi connectivity index (χ1) is 16.8. The molecule has 12 heteroatoms. The van der Waals surface area contributed by atoms with Crippen LogP contribution >= 0.6 is 0 Å². The van der Waals surface area contributed by atoms with Gasteiger partial charge in [-0.1, -0.05) is 12.1 Å². The molecule has 0 amide bonds. The maximum absolute atomic E-state index is 11.5. The smallest absolute Gasteiger partial charge is 0.870 e. The number of rotatable bonds is 4. The Balaban J connectivity index is 0.000000351. The van der Waals surface area contributed by atoms with Crippen LogP contribution in [0.15, 0.2) is 48.8 Å². The first-order valence-electron chi connectivity index (χ1n) is 10.2. The number of nitrogens with one attached hydrogen (secondary N) is 2. The Hall–Kier alpha value is -4.26. The Labute approximate surface area is 234 Å². The van der Waals surface area contributed by atoms with E-state index < -0.39 is 11.9 Å². The second-order valence-corrected chi connectivity index (χ2v) is 7.40. The predicted molar refractivity (Wildman–Crippen MR) is 127 cm³/mol. The van der Waals surface area contributed by atoms with Gasteiger partial charge in [0.1, 0.15) is 12.1 Å². The van der Waals surface area contributed by atoms with E-state index in [1.807, 2.05) is 26.0 Å². The molecule has 4 rings (SSSR count). The molecular weight excluding hydrogens is 487 g/mol. The molecule has 0 aliphatic rings. The summed E-state index contributed by atoms with van der Waals surface area (Å²) in [6.07, 6.45) is 2.88. The SMILES string of the molecule is COC(=O)c1ccc(C)c(-c2[nH]ncc2C#N)c1.Cc1ccc(C(=O)O)cc1-c1[nH]ncc1C#N.[Na+].[OH-]. The number of methoxy groups -OCH3 is 1. The van der Waals surface area contributed by atoms with Gasteiger partial charge in [0.25, 0.3) is 0 Å². The summed E-state index contributed by atoms with van der Waals surface area (Å²) in [5.74, 6) is -1.40. The van der Waals surface area contributed by atoms with Gasteiger partial charge in [0, 0.05) is 11.1 Å². The van der Waals surface area contributed by atoms with Crippen LogP contribution in [0.5, 0.6) is 0 Å². The minimum absolute atomic E-state index is 0. The third kappa shape index (κ3) is 6.91. The Morgan fingerprint density at radius 1 is 0.865 bits per heavy atom. The molecule has 37 heavy (non-hydrogen) atoms. The van der Waals surface area contributed by atoms with Crippen LogP contribution in [0.25, 0.3) is 22.5 Å². The van der Waals surface area contributed by atoms with Crippen molar-refractivity contribution in [2.75, 3.05) is 7.11 Å². The molecule has 2 aromatic carbocycles. The van der Waals surface area contributed by atoms with Crippen molar-refractivity contribution in [2.24, 2.45) is 0 Å². The molecule has 0 saturated carbocycles. The zero-order valence-corrected chi connectivity index (χ0v) is 22.5. The molecule has 2 aromatic heterocycles. The van der Waals surface area contributed by atoms with Crippen LogP contribution in [0.4, 0.5) is 0 Å². The van der Waals surface area contributed by atoms with E-state index in [4.69, 9.17) is 15.6 Å². The van der Waals surface area contributed by atoms with Crippen LogP contribution in [-0.4, -0.2) is 50.0 Å². The van der Waals surface area contributed by atoms with Gasteiger partial charge in [0.2, 0.25) is 0 Å². The first kappa shape index (κ1) is 30.8. The number of carbonyl (C=O) groups is 2. The van der Waals surface area contributed by atoms with Crippen LogP contribution in [-0.2, 0) is 4.74 Å². The van der Waals surface area contributed by atoms with E-state index in [2.05, 4.69) is 31.2 Å². The van der Waals surface area contributed by atoms with Crippen LogP contribution in [0.1, 0.15) is 43.0 Å². The van der Waals surface area contributed by atoms with Crippen molar-refractivity contribution < 1.29 is 54.5 Å². The molecule has 4 aromatic rings. The fourth-order valence-electron chi connectivity index (χ4n) is 3.31. The monoisotopic (exact) mass is 508 g/mol. The minimum atomic E-state index is -0.996. The number of carboxylic acid groups (broad SMARTS) is 1. The molecule has 0 aliphatic heterocycles. The van der Waals surface area contributed by atoms with Crippen LogP contribution in [0, 0.1) is 36.5 Å². The van der Waals surface area contributed by atoms with E-state index >= 15 is 0 Å². The molecule has 11 nitrogen and oxygen atoms in total. The Morgan fingerprint density at radius 2 is 1.30 bits per heavy atom. The first-order valence-corrected chi connectivity index (χ1v) is 10.2. The standard InChI is InChI=1S/C13H11N3O2.C12H9N3O2.Na.H2O/c1-8-3-4-9(13(17)18-2)5-11(8)12-10(6-14)7-15-16-12;1-7-2-3-8(12(16)17)4-10(7)11-9(5-13)6-14-15-11;;/h3-5,7H,1-2H3,(H,15,16);2-4,6H,1H3,(H,14,15)(H,16,17);;1H2/q;;+1;/p-1. The van der Waals surface area contributed by atoms with Gasteiger partial charge in [0.15, 0.2) is 0 Å². The van der Waals surface area contributed by atoms with Crippen molar-refractivity contribution in [3.8, 4) is 34.7 Å². The van der Waals surface area contributed by atoms with Crippen LogP contribution in [0.3, 0.4) is 0 Å². The summed E-state index contributed by atoms with van der Waals surface area (Å²) < 4.78 is 4.68. The second-order valence-electron chi connectivity index (χ2n) is 7.40. The molecule has 0 spiro atoms. The van der Waals surface area contributed by atoms with Crippen molar-refractivity contribution in [3.63, 3.8) is 0 Å². The van der Waals surface area contributed by atoms with Crippen molar-refractivity contribution >= 4 is 11.9 Å². The largest absolute Gasteiger partial charge is 1.00 e. The molecule has 0 saturated heterocycles. The number of hydrogen-bond donors (Lipinski definition) is 3. The number of nitrogens with zero attached hydrogens (tertiary/aromatic N) is 4. The number of aryl methyl sites for hydroxylation is 2. The summed E-state index contributed by atoms with van der Waals surface area (Å²) in [6, 6.07) is 14.0. The summed E-state index contributed by atoms with van der Waals surface area (Å²) in [4.78, 5) is 22.4. The van der Waals surface area contributed by atoms with Crippen molar-refractivity contribution in [2.45, 2.75) is 13.8 Å². The minimum Gasteiger partial charge on any atom is -0.870 e. The van der Waals surface area contributed by atoms with Gasteiger partial charge >= 0.3 is 41.5 Å². The second kappa shape index (κ2) is 13.7. The summed E-state index contributed by atoms with van der Waals surface area (Å²) in [7, 11) is 1.33. The number of benzene rings is 2. The van der Waals surface area contributed by atoms with Crippen LogP contribution < -0.4 is 29.6 Å². The number of hydrogen-bond acceptors (Lipinski definition) is 8. The number of aromatic carboxylic acids is 1. The molecule has 0 unspecified atom stereocenters. The van der Waals surface area contributed by atoms with Gasteiger partial charge in [-0.2, -0.15) is 20.7 Å². The van der Waals surface area contributed by atoms with Crippen LogP contribution in [0.2, 0.25) is 0 Å². The van der Waals surface area contributed by atoms with E-state index in [1.165, 1.54) is 31.6 Å². The van der Waals surface area contributed by atoms with Gasteiger partial charge in [0.05, 0.1) is 53.1 Å². The molecular formula is C25H21N6NaO5. The summed E-state index contributed by atoms with van der Waals surface area (Å²) in [5, 5.41) is 39.9. The van der Waals surface area contributed by atoms with E-state index in [0.29, 0.717) is 33.6 Å². The van der Waals surface area contributed by atoms with Gasteiger partial charge in [-0.3, -0.25) is 10.2 Å². The fraction of sp³-hybridized carbons (Fsp3) is 0.120. The van der Waals surface area contributed by atoms with Gasteiger partial charge in [-0.25, -0.2) is 9.59 Å². The average Bonchev–Trinajstić information content (AvgIpc) is 3.53. The number of esters is 1. The van der Waals surface area contributed by atoms with E-state index in [-0.39, 0.29) is 40.6 Å². The third-order valence-corrected chi connectivity index (χ3v) is 5.20. The summed E-state index contributed by atoms with van der Waals surface area (Å²) >= 11 is 0. The Kier molecular flexibility index (Phi) is 11.4. The Morgan fingerprint density at radius 3 is 1.70 bits per heavy atom. The van der Waals surface area contributed by atoms with Crippen molar-refractivity contribution in [1.82, 2.24) is 20.4 Å². The predicted octanol–water partition coefficient (Wildman–Crippen LogP) is 0.826. The summed E-state index contributed by atoms with van der Waals surface area (Å²) in [5.41, 5.74) is 5.91.